The lowest BCUT2D eigenvalue weighted by Crippen LogP contribution is -2.08. The largest absolute Gasteiger partial charge is 0.461 e. The zero-order chi connectivity index (χ0) is 20.4. The molecule has 1 heterocycles. The van der Waals surface area contributed by atoms with E-state index in [1.807, 2.05) is 12.1 Å². The van der Waals surface area contributed by atoms with Crippen molar-refractivity contribution in [2.75, 3.05) is 6.61 Å². The van der Waals surface area contributed by atoms with E-state index in [2.05, 4.69) is 37.0 Å². The fourth-order valence-corrected chi connectivity index (χ4v) is 4.18. The number of ether oxygens (including phenoxy) is 1. The lowest BCUT2D eigenvalue weighted by atomic mass is 10.1. The van der Waals surface area contributed by atoms with Crippen molar-refractivity contribution in [1.29, 1.82) is 0 Å². The maximum Gasteiger partial charge on any atom is 0.359 e. The summed E-state index contributed by atoms with van der Waals surface area (Å²) in [6.45, 7) is 1.98. The van der Waals surface area contributed by atoms with Crippen molar-refractivity contribution in [2.45, 2.75) is 10.7 Å². The summed E-state index contributed by atoms with van der Waals surface area (Å²) in [5.41, 5.74) is 2.84. The van der Waals surface area contributed by atoms with Gasteiger partial charge in [0.1, 0.15) is 0 Å². The highest BCUT2D eigenvalue weighted by atomic mass is 79.9. The molecule has 0 N–H and O–H groups in total. The predicted octanol–water partition coefficient (Wildman–Crippen LogP) is 7.46. The van der Waals surface area contributed by atoms with Crippen LogP contribution in [0.2, 0.25) is 15.1 Å². The molecule has 0 aliphatic rings. The summed E-state index contributed by atoms with van der Waals surface area (Å²) in [5, 5.41) is 6.02. The number of hydrogen-bond donors (Lipinski definition) is 0. The summed E-state index contributed by atoms with van der Waals surface area (Å²) in [7, 11) is 0. The van der Waals surface area contributed by atoms with E-state index in [1.165, 1.54) is 0 Å². The first-order valence-corrected chi connectivity index (χ1v) is 11.1. The summed E-state index contributed by atoms with van der Waals surface area (Å²) in [6, 6.07) is 12.3. The van der Waals surface area contributed by atoms with Crippen molar-refractivity contribution in [1.82, 2.24) is 9.78 Å². The van der Waals surface area contributed by atoms with Gasteiger partial charge in [0.2, 0.25) is 0 Å². The van der Waals surface area contributed by atoms with Crippen molar-refractivity contribution in [2.24, 2.45) is 0 Å². The molecule has 0 bridgehead atoms. The van der Waals surface area contributed by atoms with Crippen molar-refractivity contribution in [3.8, 4) is 16.9 Å². The van der Waals surface area contributed by atoms with Gasteiger partial charge < -0.3 is 4.74 Å². The lowest BCUT2D eigenvalue weighted by molar-refractivity contribution is 0.0518. The predicted molar refractivity (Wildman–Crippen MR) is 121 cm³/mol. The van der Waals surface area contributed by atoms with Crippen molar-refractivity contribution < 1.29 is 9.53 Å². The normalized spacial score (nSPS) is 11.1. The molecule has 3 aromatic rings. The SMILES string of the molecule is CCOC(=O)c1nn(-c2ccc(Cl)cc2Cl)c(-c2ccc(Cl)cc2)c1C(Br)Br. The third-order valence-electron chi connectivity index (χ3n) is 3.86. The summed E-state index contributed by atoms with van der Waals surface area (Å²) in [4.78, 5) is 12.6. The third-order valence-corrected chi connectivity index (χ3v) is 5.57. The first kappa shape index (κ1) is 21.7. The van der Waals surface area contributed by atoms with Crippen LogP contribution in [-0.4, -0.2) is 22.4 Å². The molecular weight excluding hydrogens is 554 g/mol. The zero-order valence-electron chi connectivity index (χ0n) is 14.4. The molecule has 0 saturated heterocycles. The molecule has 0 aliphatic heterocycles. The van der Waals surface area contributed by atoms with Gasteiger partial charge in [-0.25, -0.2) is 9.48 Å². The Kier molecular flexibility index (Phi) is 7.10. The molecule has 0 radical (unpaired) electrons. The Morgan fingerprint density at radius 2 is 1.75 bits per heavy atom. The Hall–Kier alpha value is -1.05. The fraction of sp³-hybridized carbons (Fsp3) is 0.158. The number of nitrogens with zero attached hydrogens (tertiary/aromatic N) is 2. The van der Waals surface area contributed by atoms with Gasteiger partial charge in [-0.15, -0.1) is 0 Å². The Morgan fingerprint density at radius 1 is 1.11 bits per heavy atom. The second kappa shape index (κ2) is 9.18. The highest BCUT2D eigenvalue weighted by molar-refractivity contribution is 9.24. The van der Waals surface area contributed by atoms with Crippen molar-refractivity contribution >= 4 is 72.6 Å². The Labute approximate surface area is 194 Å². The van der Waals surface area contributed by atoms with Gasteiger partial charge in [0, 0.05) is 21.2 Å². The first-order valence-electron chi connectivity index (χ1n) is 8.13. The summed E-state index contributed by atoms with van der Waals surface area (Å²) in [5.74, 6) is -0.527. The number of rotatable bonds is 5. The number of carbonyl (C=O) groups excluding carboxylic acids is 1. The van der Waals surface area contributed by atoms with Gasteiger partial charge in [-0.05, 0) is 37.3 Å². The number of carbonyl (C=O) groups is 1. The van der Waals surface area contributed by atoms with Crippen LogP contribution >= 0.6 is 66.7 Å². The molecule has 1 aromatic heterocycles. The minimum atomic E-state index is -0.527. The van der Waals surface area contributed by atoms with Crippen LogP contribution in [0.1, 0.15) is 26.7 Å². The molecule has 28 heavy (non-hydrogen) atoms. The standard InChI is InChI=1S/C19H13Br2Cl3N2O2/c1-2-28-19(27)16-15(18(20)21)17(10-3-5-11(22)6-4-10)26(25-16)14-8-7-12(23)9-13(14)24/h3-9,18H,2H2,1H3. The van der Waals surface area contributed by atoms with E-state index in [0.717, 1.165) is 5.56 Å². The Morgan fingerprint density at radius 3 is 2.32 bits per heavy atom. The minimum absolute atomic E-state index is 0.177. The molecule has 0 amide bonds. The summed E-state index contributed by atoms with van der Waals surface area (Å²) < 4.78 is 6.45. The maximum atomic E-state index is 12.6. The molecule has 0 aliphatic carbocycles. The van der Waals surface area contributed by atoms with E-state index >= 15 is 0 Å². The van der Waals surface area contributed by atoms with Crippen LogP contribution in [0, 0.1) is 0 Å². The summed E-state index contributed by atoms with van der Waals surface area (Å²) >= 11 is 25.5. The minimum Gasteiger partial charge on any atom is -0.461 e. The van der Waals surface area contributed by atoms with E-state index in [-0.39, 0.29) is 16.0 Å². The van der Waals surface area contributed by atoms with E-state index in [9.17, 15) is 4.79 Å². The number of alkyl halides is 2. The van der Waals surface area contributed by atoms with Gasteiger partial charge in [0.25, 0.3) is 0 Å². The quantitative estimate of drug-likeness (QED) is 0.238. The summed E-state index contributed by atoms with van der Waals surface area (Å²) in [6.07, 6.45) is 0. The van der Waals surface area contributed by atoms with Gasteiger partial charge >= 0.3 is 5.97 Å². The third kappa shape index (κ3) is 4.41. The monoisotopic (exact) mass is 564 g/mol. The molecular formula is C19H13Br2Cl3N2O2. The van der Waals surface area contributed by atoms with Crippen LogP contribution in [0.5, 0.6) is 0 Å². The molecule has 2 aromatic carbocycles. The first-order chi connectivity index (χ1) is 13.3. The van der Waals surface area contributed by atoms with Crippen molar-refractivity contribution in [3.63, 3.8) is 0 Å². The fourth-order valence-electron chi connectivity index (χ4n) is 2.70. The molecule has 0 fully saturated rings. The Balaban J connectivity index is 2.35. The average molecular weight is 567 g/mol. The van der Waals surface area contributed by atoms with E-state index in [1.54, 1.807) is 41.9 Å². The molecule has 0 unspecified atom stereocenters. The van der Waals surface area contributed by atoms with Crippen LogP contribution in [0.4, 0.5) is 0 Å². The molecule has 4 nitrogen and oxygen atoms in total. The lowest BCUT2D eigenvalue weighted by Gasteiger charge is -2.12. The Bertz CT molecular complexity index is 1020. The second-order valence-electron chi connectivity index (χ2n) is 5.65. The molecule has 146 valence electrons. The molecule has 0 atom stereocenters. The molecule has 9 heteroatoms. The van der Waals surface area contributed by atoms with Gasteiger partial charge in [-0.3, -0.25) is 0 Å². The van der Waals surface area contributed by atoms with E-state index in [0.29, 0.717) is 32.0 Å². The van der Waals surface area contributed by atoms with Gasteiger partial charge in [0.15, 0.2) is 5.69 Å². The second-order valence-corrected chi connectivity index (χ2v) is 9.99. The van der Waals surface area contributed by atoms with Crippen molar-refractivity contribution in [3.05, 3.63) is 68.8 Å². The number of benzene rings is 2. The number of esters is 1. The van der Waals surface area contributed by atoms with Gasteiger partial charge in [-0.2, -0.15) is 5.10 Å². The van der Waals surface area contributed by atoms with Gasteiger partial charge in [0.05, 0.1) is 26.7 Å². The molecule has 0 spiro atoms. The van der Waals surface area contributed by atoms with Gasteiger partial charge in [-0.1, -0.05) is 78.8 Å². The average Bonchev–Trinajstić information content (AvgIpc) is 3.03. The maximum absolute atomic E-state index is 12.6. The van der Waals surface area contributed by atoms with E-state index < -0.39 is 5.97 Å². The van der Waals surface area contributed by atoms with Crippen LogP contribution in [0.25, 0.3) is 16.9 Å². The van der Waals surface area contributed by atoms with Crippen LogP contribution in [0.15, 0.2) is 42.5 Å². The number of halogens is 5. The topological polar surface area (TPSA) is 44.1 Å². The molecule has 0 saturated carbocycles. The van der Waals surface area contributed by atoms with Crippen LogP contribution in [0.3, 0.4) is 0 Å². The number of aromatic nitrogens is 2. The number of hydrogen-bond acceptors (Lipinski definition) is 3. The van der Waals surface area contributed by atoms with E-state index in [4.69, 9.17) is 39.5 Å². The highest BCUT2D eigenvalue weighted by Crippen LogP contribution is 2.41. The molecule has 3 rings (SSSR count). The highest BCUT2D eigenvalue weighted by Gasteiger charge is 2.29. The smallest absolute Gasteiger partial charge is 0.359 e. The van der Waals surface area contributed by atoms with Crippen LogP contribution in [-0.2, 0) is 4.74 Å². The zero-order valence-corrected chi connectivity index (χ0v) is 19.9. The van der Waals surface area contributed by atoms with Crippen LogP contribution < -0.4 is 0 Å².